The molecule has 3 heteroatoms. The zero-order valence-electron chi connectivity index (χ0n) is 14.8. The molecule has 0 unspecified atom stereocenters. The van der Waals surface area contributed by atoms with Crippen molar-refractivity contribution in [2.75, 3.05) is 14.2 Å². The van der Waals surface area contributed by atoms with Gasteiger partial charge in [0.05, 0.1) is 19.9 Å². The highest BCUT2D eigenvalue weighted by atomic mass is 16.5. The lowest BCUT2D eigenvalue weighted by atomic mass is 10.0. The fraction of sp³-hybridized carbons (Fsp3) is 0.0870. The number of pyridine rings is 1. The van der Waals surface area contributed by atoms with Gasteiger partial charge in [-0.1, -0.05) is 48.5 Å². The highest BCUT2D eigenvalue weighted by Crippen LogP contribution is 2.34. The molecule has 0 fully saturated rings. The Labute approximate surface area is 152 Å². The Balaban J connectivity index is 1.79. The summed E-state index contributed by atoms with van der Waals surface area (Å²) in [6.07, 6.45) is 1.88. The predicted molar refractivity (Wildman–Crippen MR) is 106 cm³/mol. The first-order valence-electron chi connectivity index (χ1n) is 8.46. The molecule has 1 aromatic heterocycles. The van der Waals surface area contributed by atoms with Gasteiger partial charge in [-0.2, -0.15) is 0 Å². The molecular formula is C23H19NO2. The summed E-state index contributed by atoms with van der Waals surface area (Å²) >= 11 is 0. The second-order valence-electron chi connectivity index (χ2n) is 6.07. The third-order valence-corrected chi connectivity index (χ3v) is 4.49. The molecule has 0 saturated heterocycles. The number of rotatable bonds is 4. The van der Waals surface area contributed by atoms with Crippen molar-refractivity contribution >= 4 is 10.8 Å². The van der Waals surface area contributed by atoms with Crippen molar-refractivity contribution in [3.8, 4) is 33.9 Å². The van der Waals surface area contributed by atoms with Crippen molar-refractivity contribution in [1.29, 1.82) is 0 Å². The first-order chi connectivity index (χ1) is 12.8. The van der Waals surface area contributed by atoms with Crippen molar-refractivity contribution in [2.45, 2.75) is 0 Å². The average Bonchev–Trinajstić information content (AvgIpc) is 2.73. The Morgan fingerprint density at radius 3 is 2.00 bits per heavy atom. The van der Waals surface area contributed by atoms with Crippen LogP contribution in [0.3, 0.4) is 0 Å². The summed E-state index contributed by atoms with van der Waals surface area (Å²) in [6, 6.07) is 24.8. The topological polar surface area (TPSA) is 31.4 Å². The molecule has 0 atom stereocenters. The van der Waals surface area contributed by atoms with E-state index in [4.69, 9.17) is 9.47 Å². The number of ether oxygens (including phenoxy) is 2. The molecule has 26 heavy (non-hydrogen) atoms. The largest absolute Gasteiger partial charge is 0.493 e. The lowest BCUT2D eigenvalue weighted by Crippen LogP contribution is -1.91. The quantitative estimate of drug-likeness (QED) is 0.485. The number of nitrogens with zero attached hydrogens (tertiary/aromatic N) is 1. The molecule has 0 bridgehead atoms. The first-order valence-corrected chi connectivity index (χ1v) is 8.46. The molecule has 0 aliphatic carbocycles. The van der Waals surface area contributed by atoms with Crippen molar-refractivity contribution in [3.63, 3.8) is 0 Å². The van der Waals surface area contributed by atoms with E-state index >= 15 is 0 Å². The van der Waals surface area contributed by atoms with Gasteiger partial charge in [0, 0.05) is 17.1 Å². The lowest BCUT2D eigenvalue weighted by molar-refractivity contribution is 0.356. The maximum Gasteiger partial charge on any atom is 0.161 e. The van der Waals surface area contributed by atoms with Crippen LogP contribution < -0.4 is 9.47 Å². The van der Waals surface area contributed by atoms with E-state index in [0.717, 1.165) is 27.8 Å². The van der Waals surface area contributed by atoms with Crippen LogP contribution in [0.1, 0.15) is 0 Å². The molecule has 0 amide bonds. The molecule has 128 valence electrons. The van der Waals surface area contributed by atoms with E-state index in [1.54, 1.807) is 14.2 Å². The minimum atomic E-state index is 0.709. The molecule has 0 aliphatic heterocycles. The van der Waals surface area contributed by atoms with Gasteiger partial charge < -0.3 is 9.47 Å². The molecule has 0 N–H and O–H groups in total. The van der Waals surface area contributed by atoms with Gasteiger partial charge in [-0.05, 0) is 40.8 Å². The van der Waals surface area contributed by atoms with Crippen molar-refractivity contribution < 1.29 is 9.47 Å². The molecule has 3 nitrogen and oxygen atoms in total. The van der Waals surface area contributed by atoms with Crippen molar-refractivity contribution in [2.24, 2.45) is 0 Å². The van der Waals surface area contributed by atoms with E-state index in [1.807, 2.05) is 24.4 Å². The van der Waals surface area contributed by atoms with Gasteiger partial charge in [-0.3, -0.25) is 4.98 Å². The number of hydrogen-bond acceptors (Lipinski definition) is 3. The minimum Gasteiger partial charge on any atom is -0.493 e. The van der Waals surface area contributed by atoms with Gasteiger partial charge in [-0.25, -0.2) is 0 Å². The third kappa shape index (κ3) is 3.00. The molecule has 0 aliphatic rings. The van der Waals surface area contributed by atoms with Gasteiger partial charge in [0.25, 0.3) is 0 Å². The fourth-order valence-corrected chi connectivity index (χ4v) is 3.12. The summed E-state index contributed by atoms with van der Waals surface area (Å²) in [5.74, 6) is 1.43. The first kappa shape index (κ1) is 16.2. The van der Waals surface area contributed by atoms with Gasteiger partial charge >= 0.3 is 0 Å². The molecule has 4 aromatic rings. The van der Waals surface area contributed by atoms with Crippen LogP contribution in [-0.2, 0) is 0 Å². The van der Waals surface area contributed by atoms with Crippen molar-refractivity contribution in [3.05, 3.63) is 79.0 Å². The zero-order valence-corrected chi connectivity index (χ0v) is 14.8. The van der Waals surface area contributed by atoms with E-state index in [9.17, 15) is 0 Å². The number of benzene rings is 3. The molecule has 0 radical (unpaired) electrons. The number of aromatic nitrogens is 1. The summed E-state index contributed by atoms with van der Waals surface area (Å²) in [6.45, 7) is 0. The summed E-state index contributed by atoms with van der Waals surface area (Å²) in [7, 11) is 3.29. The fourth-order valence-electron chi connectivity index (χ4n) is 3.12. The minimum absolute atomic E-state index is 0.709. The van der Waals surface area contributed by atoms with Crippen LogP contribution in [0.4, 0.5) is 0 Å². The Bertz CT molecular complexity index is 1060. The third-order valence-electron chi connectivity index (χ3n) is 4.49. The normalized spacial score (nSPS) is 10.7. The van der Waals surface area contributed by atoms with E-state index in [2.05, 4.69) is 59.6 Å². The van der Waals surface area contributed by atoms with Crippen LogP contribution in [0.5, 0.6) is 11.5 Å². The number of fused-ring (bicyclic) bond motifs is 1. The smallest absolute Gasteiger partial charge is 0.161 e. The second kappa shape index (κ2) is 6.89. The van der Waals surface area contributed by atoms with E-state index in [1.165, 1.54) is 11.1 Å². The Kier molecular flexibility index (Phi) is 4.28. The summed E-state index contributed by atoms with van der Waals surface area (Å²) in [4.78, 5) is 4.65. The number of methoxy groups -OCH3 is 2. The summed E-state index contributed by atoms with van der Waals surface area (Å²) < 4.78 is 10.8. The number of hydrogen-bond donors (Lipinski definition) is 0. The predicted octanol–water partition coefficient (Wildman–Crippen LogP) is 5.59. The SMILES string of the molecule is COc1cc2cnc(-c3cccc(-c4ccccc4)c3)cc2cc1OC. The average molecular weight is 341 g/mol. The van der Waals surface area contributed by atoms with E-state index < -0.39 is 0 Å². The Hall–Kier alpha value is -3.33. The molecular weight excluding hydrogens is 322 g/mol. The van der Waals surface area contributed by atoms with E-state index in [0.29, 0.717) is 5.75 Å². The second-order valence-corrected chi connectivity index (χ2v) is 6.07. The van der Waals surface area contributed by atoms with Crippen LogP contribution in [0.15, 0.2) is 79.0 Å². The summed E-state index contributed by atoms with van der Waals surface area (Å²) in [5.41, 5.74) is 4.39. The van der Waals surface area contributed by atoms with Crippen LogP contribution >= 0.6 is 0 Å². The highest BCUT2D eigenvalue weighted by Gasteiger charge is 2.08. The molecule has 0 saturated carbocycles. The highest BCUT2D eigenvalue weighted by molar-refractivity contribution is 5.88. The molecule has 3 aromatic carbocycles. The maximum absolute atomic E-state index is 5.42. The lowest BCUT2D eigenvalue weighted by Gasteiger charge is -2.10. The van der Waals surface area contributed by atoms with Gasteiger partial charge in [-0.15, -0.1) is 0 Å². The van der Waals surface area contributed by atoms with Gasteiger partial charge in [0.1, 0.15) is 0 Å². The Morgan fingerprint density at radius 1 is 0.615 bits per heavy atom. The van der Waals surface area contributed by atoms with Gasteiger partial charge in [0.2, 0.25) is 0 Å². The summed E-state index contributed by atoms with van der Waals surface area (Å²) in [5, 5.41) is 2.09. The van der Waals surface area contributed by atoms with Crippen molar-refractivity contribution in [1.82, 2.24) is 4.98 Å². The standard InChI is InChI=1S/C23H19NO2/c1-25-22-13-19-12-21(24-15-20(19)14-23(22)26-2)18-10-6-9-17(11-18)16-7-4-3-5-8-16/h3-15H,1-2H3. The Morgan fingerprint density at radius 2 is 1.27 bits per heavy atom. The molecule has 4 rings (SSSR count). The monoisotopic (exact) mass is 341 g/mol. The van der Waals surface area contributed by atoms with Crippen LogP contribution in [0, 0.1) is 0 Å². The van der Waals surface area contributed by atoms with Crippen LogP contribution in [-0.4, -0.2) is 19.2 Å². The zero-order chi connectivity index (χ0) is 17.9. The van der Waals surface area contributed by atoms with Gasteiger partial charge in [0.15, 0.2) is 11.5 Å². The maximum atomic E-state index is 5.42. The molecule has 1 heterocycles. The molecule has 0 spiro atoms. The van der Waals surface area contributed by atoms with E-state index in [-0.39, 0.29) is 0 Å². The van der Waals surface area contributed by atoms with Crippen LogP contribution in [0.25, 0.3) is 33.2 Å². The van der Waals surface area contributed by atoms with Crippen LogP contribution in [0.2, 0.25) is 0 Å².